The molecule has 15 heteroatoms. The molecule has 0 aliphatic rings. The second-order valence-electron chi connectivity index (χ2n) is 6.52. The van der Waals surface area contributed by atoms with Gasteiger partial charge in [-0.3, -0.25) is 9.36 Å². The van der Waals surface area contributed by atoms with Gasteiger partial charge in [-0.2, -0.15) is 26.3 Å². The molecule has 1 aromatic heterocycles. The van der Waals surface area contributed by atoms with E-state index in [-0.39, 0.29) is 4.57 Å². The van der Waals surface area contributed by atoms with Crippen LogP contribution < -0.4 is 5.56 Å². The molecule has 0 saturated heterocycles. The highest BCUT2D eigenvalue weighted by Gasteiger charge is 2.57. The third-order valence-electron chi connectivity index (χ3n) is 4.22. The van der Waals surface area contributed by atoms with Crippen molar-refractivity contribution in [2.24, 2.45) is 0 Å². The van der Waals surface area contributed by atoms with Crippen molar-refractivity contribution in [1.82, 2.24) is 9.55 Å². The van der Waals surface area contributed by atoms with E-state index in [1.807, 2.05) is 0 Å². The van der Waals surface area contributed by atoms with Crippen molar-refractivity contribution in [1.29, 1.82) is 0 Å². The number of alkyl halides is 9. The Morgan fingerprint density at radius 1 is 1.03 bits per heavy atom. The summed E-state index contributed by atoms with van der Waals surface area (Å²) in [7, 11) is -4.28. The van der Waals surface area contributed by atoms with Crippen LogP contribution in [0.2, 0.25) is 0 Å². The molecular weight excluding hydrogens is 483 g/mol. The van der Waals surface area contributed by atoms with Crippen LogP contribution in [-0.2, 0) is 22.6 Å². The van der Waals surface area contributed by atoms with Crippen LogP contribution in [0.15, 0.2) is 40.3 Å². The molecule has 1 atom stereocenters. The van der Waals surface area contributed by atoms with Gasteiger partial charge in [-0.1, -0.05) is 13.0 Å². The number of aromatic nitrogens is 2. The molecule has 0 fully saturated rings. The highest BCUT2D eigenvalue weighted by molar-refractivity contribution is 7.91. The van der Waals surface area contributed by atoms with Gasteiger partial charge >= 0.3 is 18.3 Å². The Morgan fingerprint density at radius 3 is 2.09 bits per heavy atom. The highest BCUT2D eigenvalue weighted by atomic mass is 32.2. The largest absolute Gasteiger partial charge is 0.425 e. The summed E-state index contributed by atoms with van der Waals surface area (Å²) in [5.41, 5.74) is -3.73. The number of halogens is 9. The van der Waals surface area contributed by atoms with Crippen LogP contribution in [0.4, 0.5) is 39.5 Å². The lowest BCUT2D eigenvalue weighted by atomic mass is 10.1. The van der Waals surface area contributed by atoms with Gasteiger partial charge in [-0.05, 0) is 12.1 Å². The van der Waals surface area contributed by atoms with E-state index in [0.29, 0.717) is 30.6 Å². The number of nitrogens with zero attached hydrogens (tertiary/aromatic N) is 2. The first-order chi connectivity index (χ1) is 14.4. The van der Waals surface area contributed by atoms with Gasteiger partial charge in [0.25, 0.3) is 11.7 Å². The molecule has 2 rings (SSSR count). The Kier molecular flexibility index (Phi) is 6.74. The molecule has 0 aliphatic heterocycles. The van der Waals surface area contributed by atoms with E-state index in [1.165, 1.54) is 0 Å². The molecule has 5 nitrogen and oxygen atoms in total. The number of benzene rings is 1. The molecule has 0 amide bonds. The monoisotopic (exact) mass is 496 g/mol. The molecule has 1 unspecified atom stereocenters. The first kappa shape index (κ1) is 25.7. The number of hydrogen-bond acceptors (Lipinski definition) is 4. The van der Waals surface area contributed by atoms with Gasteiger partial charge in [0.05, 0.1) is 34.8 Å². The zero-order chi connectivity index (χ0) is 24.7. The van der Waals surface area contributed by atoms with E-state index in [0.717, 1.165) is 6.92 Å². The van der Waals surface area contributed by atoms with E-state index in [1.54, 1.807) is 0 Å². The standard InChI is InChI=1S/C17H13F9N2O3S/c1-2-32(30,31)12-5-9(16(21,22)23)3-4-10(12)11-6-13(29)28(8-27-11)7-15(19,20)14(18)17(24,25)26/h3-6,8,14H,2,7H2,1H3. The zero-order valence-electron chi connectivity index (χ0n) is 15.8. The molecule has 0 aliphatic carbocycles. The van der Waals surface area contributed by atoms with Crippen molar-refractivity contribution in [2.45, 2.75) is 42.8 Å². The van der Waals surface area contributed by atoms with E-state index in [2.05, 4.69) is 4.98 Å². The number of rotatable bonds is 6. The fourth-order valence-corrected chi connectivity index (χ4v) is 3.69. The molecular formula is C17H13F9N2O3S. The van der Waals surface area contributed by atoms with Gasteiger partial charge in [0.15, 0.2) is 9.84 Å². The normalized spacial score (nSPS) is 14.4. The smallest absolute Gasteiger partial charge is 0.293 e. The molecule has 32 heavy (non-hydrogen) atoms. The summed E-state index contributed by atoms with van der Waals surface area (Å²) in [4.78, 5) is 14.7. The van der Waals surface area contributed by atoms with E-state index >= 15 is 0 Å². The van der Waals surface area contributed by atoms with Gasteiger partial charge in [0, 0.05) is 11.6 Å². The van der Waals surface area contributed by atoms with Crippen LogP contribution in [-0.4, -0.2) is 42.0 Å². The fraction of sp³-hybridized carbons (Fsp3) is 0.412. The second kappa shape index (κ2) is 8.41. The van der Waals surface area contributed by atoms with Crippen LogP contribution in [0.25, 0.3) is 11.3 Å². The number of sulfone groups is 1. The second-order valence-corrected chi connectivity index (χ2v) is 8.76. The molecule has 0 N–H and O–H groups in total. The van der Waals surface area contributed by atoms with Crippen molar-refractivity contribution >= 4 is 9.84 Å². The third kappa shape index (κ3) is 5.42. The predicted octanol–water partition coefficient (Wildman–Crippen LogP) is 4.26. The summed E-state index contributed by atoms with van der Waals surface area (Å²) >= 11 is 0. The minimum Gasteiger partial charge on any atom is -0.293 e. The quantitative estimate of drug-likeness (QED) is 0.561. The van der Waals surface area contributed by atoms with Crippen molar-refractivity contribution in [3.8, 4) is 11.3 Å². The highest BCUT2D eigenvalue weighted by Crippen LogP contribution is 2.37. The van der Waals surface area contributed by atoms with Crippen LogP contribution in [0.3, 0.4) is 0 Å². The van der Waals surface area contributed by atoms with Gasteiger partial charge in [0.1, 0.15) is 0 Å². The Bertz CT molecular complexity index is 1160. The summed E-state index contributed by atoms with van der Waals surface area (Å²) in [6.07, 6.45) is -15.1. The summed E-state index contributed by atoms with van der Waals surface area (Å²) in [5, 5.41) is 0. The molecule has 2 aromatic rings. The van der Waals surface area contributed by atoms with E-state index in [9.17, 15) is 52.7 Å². The maximum atomic E-state index is 13.6. The number of hydrogen-bond donors (Lipinski definition) is 0. The summed E-state index contributed by atoms with van der Waals surface area (Å²) < 4.78 is 140. The SMILES string of the molecule is CCS(=O)(=O)c1cc(C(F)(F)F)ccc1-c1cc(=O)n(CC(F)(F)C(F)C(F)(F)F)cn1. The van der Waals surface area contributed by atoms with Crippen LogP contribution >= 0.6 is 0 Å². The zero-order valence-corrected chi connectivity index (χ0v) is 16.6. The molecule has 0 saturated carbocycles. The third-order valence-corrected chi connectivity index (χ3v) is 5.99. The van der Waals surface area contributed by atoms with E-state index in [4.69, 9.17) is 0 Å². The van der Waals surface area contributed by atoms with Gasteiger partial charge in [-0.15, -0.1) is 0 Å². The fourth-order valence-electron chi connectivity index (χ4n) is 2.56. The molecule has 0 radical (unpaired) electrons. The van der Waals surface area contributed by atoms with Crippen LogP contribution in [0.5, 0.6) is 0 Å². The lowest BCUT2D eigenvalue weighted by Gasteiger charge is -2.23. The molecule has 178 valence electrons. The van der Waals surface area contributed by atoms with Gasteiger partial charge in [-0.25, -0.2) is 26.6 Å². The summed E-state index contributed by atoms with van der Waals surface area (Å²) in [6, 6.07) is 1.95. The minimum atomic E-state index is -5.90. The topological polar surface area (TPSA) is 69.0 Å². The maximum absolute atomic E-state index is 13.6. The Labute approximate surface area is 174 Å². The van der Waals surface area contributed by atoms with Gasteiger partial charge in [0.2, 0.25) is 0 Å². The Hall–Kier alpha value is -2.58. The van der Waals surface area contributed by atoms with Crippen molar-refractivity contribution in [3.63, 3.8) is 0 Å². The van der Waals surface area contributed by atoms with Crippen LogP contribution in [0.1, 0.15) is 12.5 Å². The first-order valence-electron chi connectivity index (χ1n) is 8.49. The molecule has 1 heterocycles. The molecule has 0 spiro atoms. The summed E-state index contributed by atoms with van der Waals surface area (Å²) in [6.45, 7) is -0.895. The Morgan fingerprint density at radius 2 is 1.62 bits per heavy atom. The molecule has 1 aromatic carbocycles. The van der Waals surface area contributed by atoms with Crippen molar-refractivity contribution in [2.75, 3.05) is 5.75 Å². The van der Waals surface area contributed by atoms with Gasteiger partial charge < -0.3 is 0 Å². The predicted molar refractivity (Wildman–Crippen MR) is 92.6 cm³/mol. The Balaban J connectivity index is 2.55. The molecule has 0 bridgehead atoms. The van der Waals surface area contributed by atoms with E-state index < -0.39 is 73.9 Å². The maximum Gasteiger partial charge on any atom is 0.425 e. The minimum absolute atomic E-state index is 0.0418. The lowest BCUT2D eigenvalue weighted by Crippen LogP contribution is -2.46. The van der Waals surface area contributed by atoms with Crippen molar-refractivity contribution < 1.29 is 47.9 Å². The van der Waals surface area contributed by atoms with Crippen LogP contribution in [0, 0.1) is 0 Å². The first-order valence-corrected chi connectivity index (χ1v) is 10.1. The van der Waals surface area contributed by atoms with Crippen molar-refractivity contribution in [3.05, 3.63) is 46.5 Å². The lowest BCUT2D eigenvalue weighted by molar-refractivity contribution is -0.247. The average Bonchev–Trinajstić information content (AvgIpc) is 2.67. The average molecular weight is 496 g/mol. The summed E-state index contributed by atoms with van der Waals surface area (Å²) in [5.74, 6) is -5.66.